The summed E-state index contributed by atoms with van der Waals surface area (Å²) in [5.41, 5.74) is 13.4. The molecule has 3 aromatic rings. The highest BCUT2D eigenvalue weighted by Gasteiger charge is 2.25. The SMILES string of the molecule is NCCCn1cc(CCC(=O)Nc2cccc(SNC(=O)Nc3c4c(cc5c3CCC5)CCC4)c2)nn1. The van der Waals surface area contributed by atoms with E-state index in [1.807, 2.05) is 30.5 Å². The number of urea groups is 1. The predicted molar refractivity (Wildman–Crippen MR) is 146 cm³/mol. The van der Waals surface area contributed by atoms with Crippen LogP contribution in [-0.4, -0.2) is 33.5 Å². The minimum Gasteiger partial charge on any atom is -0.330 e. The molecule has 3 amide bonds. The van der Waals surface area contributed by atoms with Crippen molar-refractivity contribution < 1.29 is 9.59 Å². The zero-order chi connectivity index (χ0) is 25.6. The number of hydrogen-bond acceptors (Lipinski definition) is 6. The second kappa shape index (κ2) is 11.8. The first-order valence-corrected chi connectivity index (χ1v) is 13.8. The summed E-state index contributed by atoms with van der Waals surface area (Å²) in [6.07, 6.45) is 10.1. The van der Waals surface area contributed by atoms with Gasteiger partial charge in [-0.1, -0.05) is 17.3 Å². The summed E-state index contributed by atoms with van der Waals surface area (Å²) in [6.45, 7) is 1.33. The van der Waals surface area contributed by atoms with Gasteiger partial charge < -0.3 is 16.4 Å². The van der Waals surface area contributed by atoms with Gasteiger partial charge in [-0.25, -0.2) is 4.79 Å². The van der Waals surface area contributed by atoms with Crippen molar-refractivity contribution in [3.05, 3.63) is 64.5 Å². The maximum atomic E-state index is 12.8. The van der Waals surface area contributed by atoms with E-state index < -0.39 is 0 Å². The van der Waals surface area contributed by atoms with E-state index in [9.17, 15) is 9.59 Å². The second-order valence-electron chi connectivity index (χ2n) is 9.58. The van der Waals surface area contributed by atoms with Crippen LogP contribution in [0.5, 0.6) is 0 Å². The van der Waals surface area contributed by atoms with Crippen molar-refractivity contribution in [2.45, 2.75) is 69.2 Å². The highest BCUT2D eigenvalue weighted by Crippen LogP contribution is 2.38. The molecule has 2 aliphatic carbocycles. The van der Waals surface area contributed by atoms with Crippen LogP contribution in [-0.2, 0) is 43.4 Å². The van der Waals surface area contributed by atoms with E-state index in [1.165, 1.54) is 34.2 Å². The number of fused-ring (bicyclic) bond motifs is 2. The van der Waals surface area contributed by atoms with E-state index >= 15 is 0 Å². The summed E-state index contributed by atoms with van der Waals surface area (Å²) in [5.74, 6) is -0.101. The Kier molecular flexibility index (Phi) is 8.05. The number of nitrogens with one attached hydrogen (secondary N) is 3. The smallest absolute Gasteiger partial charge is 0.329 e. The third kappa shape index (κ3) is 6.31. The molecule has 0 bridgehead atoms. The van der Waals surface area contributed by atoms with Crippen LogP contribution in [0.2, 0.25) is 0 Å². The van der Waals surface area contributed by atoms with Crippen LogP contribution < -0.4 is 21.1 Å². The number of anilines is 2. The van der Waals surface area contributed by atoms with Gasteiger partial charge in [0.15, 0.2) is 0 Å². The molecule has 1 heterocycles. The van der Waals surface area contributed by atoms with Crippen LogP contribution in [0.4, 0.5) is 16.2 Å². The van der Waals surface area contributed by atoms with Crippen molar-refractivity contribution in [3.63, 3.8) is 0 Å². The van der Waals surface area contributed by atoms with E-state index in [2.05, 4.69) is 31.7 Å². The number of nitrogens with two attached hydrogens (primary N) is 1. The molecule has 0 saturated heterocycles. The Morgan fingerprint density at radius 3 is 2.57 bits per heavy atom. The fraction of sp³-hybridized carbons (Fsp3) is 0.407. The minimum atomic E-state index is -0.228. The van der Waals surface area contributed by atoms with Crippen LogP contribution in [0.3, 0.4) is 0 Å². The van der Waals surface area contributed by atoms with Crippen LogP contribution in [0.15, 0.2) is 41.4 Å². The Morgan fingerprint density at radius 1 is 1.03 bits per heavy atom. The van der Waals surface area contributed by atoms with Crippen molar-refractivity contribution in [2.24, 2.45) is 5.73 Å². The summed E-state index contributed by atoms with van der Waals surface area (Å²) >= 11 is 1.23. The van der Waals surface area contributed by atoms with Crippen molar-refractivity contribution >= 4 is 35.3 Å². The van der Waals surface area contributed by atoms with Crippen LogP contribution in [0.25, 0.3) is 0 Å². The summed E-state index contributed by atoms with van der Waals surface area (Å²) in [4.78, 5) is 26.1. The van der Waals surface area contributed by atoms with Gasteiger partial charge in [-0.15, -0.1) is 5.10 Å². The molecule has 37 heavy (non-hydrogen) atoms. The van der Waals surface area contributed by atoms with Crippen molar-refractivity contribution in [1.29, 1.82) is 0 Å². The molecule has 10 heteroatoms. The van der Waals surface area contributed by atoms with Gasteiger partial charge in [-0.05, 0) is 104 Å². The third-order valence-corrected chi connectivity index (χ3v) is 7.65. The molecule has 2 aliphatic rings. The van der Waals surface area contributed by atoms with Gasteiger partial charge in [-0.3, -0.25) is 14.2 Å². The molecule has 5 N–H and O–H groups in total. The van der Waals surface area contributed by atoms with Gasteiger partial charge in [0.25, 0.3) is 0 Å². The zero-order valence-corrected chi connectivity index (χ0v) is 21.7. The third-order valence-electron chi connectivity index (χ3n) is 6.88. The van der Waals surface area contributed by atoms with Crippen LogP contribution in [0.1, 0.15) is 53.6 Å². The second-order valence-corrected chi connectivity index (χ2v) is 10.5. The largest absolute Gasteiger partial charge is 0.330 e. The predicted octanol–water partition coefficient (Wildman–Crippen LogP) is 4.00. The average Bonchev–Trinajstić information content (AvgIpc) is 3.66. The van der Waals surface area contributed by atoms with E-state index in [-0.39, 0.29) is 11.9 Å². The molecular weight excluding hydrogens is 486 g/mol. The molecule has 0 saturated carbocycles. The molecule has 0 atom stereocenters. The van der Waals surface area contributed by atoms with Crippen molar-refractivity contribution in [3.8, 4) is 0 Å². The summed E-state index contributed by atoms with van der Waals surface area (Å²) < 4.78 is 4.65. The number of amides is 3. The molecule has 2 aromatic carbocycles. The molecule has 0 fully saturated rings. The van der Waals surface area contributed by atoms with Gasteiger partial charge in [0.1, 0.15) is 0 Å². The molecule has 5 rings (SSSR count). The summed E-state index contributed by atoms with van der Waals surface area (Å²) in [6, 6.07) is 9.57. The first-order valence-electron chi connectivity index (χ1n) is 13.0. The Morgan fingerprint density at radius 2 is 1.81 bits per heavy atom. The molecule has 9 nitrogen and oxygen atoms in total. The maximum Gasteiger partial charge on any atom is 0.329 e. The average molecular weight is 520 g/mol. The lowest BCUT2D eigenvalue weighted by molar-refractivity contribution is -0.116. The normalized spacial score (nSPS) is 13.8. The van der Waals surface area contributed by atoms with Crippen molar-refractivity contribution in [2.75, 3.05) is 17.2 Å². The summed E-state index contributed by atoms with van der Waals surface area (Å²) in [7, 11) is 0. The minimum absolute atomic E-state index is 0.101. The fourth-order valence-electron chi connectivity index (χ4n) is 5.13. The van der Waals surface area contributed by atoms with Gasteiger partial charge in [0.05, 0.1) is 5.69 Å². The lowest BCUT2D eigenvalue weighted by atomic mass is 9.99. The summed E-state index contributed by atoms with van der Waals surface area (Å²) in [5, 5.41) is 14.2. The van der Waals surface area contributed by atoms with E-state index in [0.29, 0.717) is 25.1 Å². The van der Waals surface area contributed by atoms with Crippen LogP contribution >= 0.6 is 11.9 Å². The Hall–Kier alpha value is -3.37. The maximum absolute atomic E-state index is 12.8. The molecule has 0 unspecified atom stereocenters. The molecule has 0 aliphatic heterocycles. The van der Waals surface area contributed by atoms with Gasteiger partial charge in [0.2, 0.25) is 5.91 Å². The number of carbonyl (C=O) groups excluding carboxylic acids is 2. The van der Waals surface area contributed by atoms with E-state index in [1.54, 1.807) is 4.68 Å². The first kappa shape index (κ1) is 25.3. The molecule has 0 spiro atoms. The number of nitrogens with zero attached hydrogens (tertiary/aromatic N) is 3. The molecular formula is C27H33N7O2S. The highest BCUT2D eigenvalue weighted by molar-refractivity contribution is 7.98. The number of hydrogen-bond donors (Lipinski definition) is 4. The fourth-order valence-corrected chi connectivity index (χ4v) is 5.72. The Bertz CT molecular complexity index is 1260. The van der Waals surface area contributed by atoms with Gasteiger partial charge >= 0.3 is 6.03 Å². The van der Waals surface area contributed by atoms with Crippen molar-refractivity contribution in [1.82, 2.24) is 19.7 Å². The monoisotopic (exact) mass is 519 g/mol. The zero-order valence-electron chi connectivity index (χ0n) is 20.9. The first-order chi connectivity index (χ1) is 18.1. The quantitative estimate of drug-likeness (QED) is 0.300. The number of aryl methyl sites for hydroxylation is 4. The van der Waals surface area contributed by atoms with Gasteiger partial charge in [0, 0.05) is 41.9 Å². The molecule has 0 radical (unpaired) electrons. The standard InChI is InChI=1S/C27H33N7O2S/c28-13-4-14-34-17-21(31-33-34)11-12-25(35)29-20-7-3-8-22(16-20)37-32-27(36)30-26-23-9-1-5-18(23)15-19-6-2-10-24(19)26/h3,7-8,15-17H,1-2,4-6,9-14,28H2,(H,29,35)(H2,30,32,36). The Labute approximate surface area is 221 Å². The highest BCUT2D eigenvalue weighted by atomic mass is 32.2. The number of benzene rings is 2. The lowest BCUT2D eigenvalue weighted by Gasteiger charge is -2.16. The number of carbonyl (C=O) groups is 2. The number of rotatable bonds is 10. The van der Waals surface area contributed by atoms with E-state index in [0.717, 1.165) is 67.8 Å². The molecule has 194 valence electrons. The lowest BCUT2D eigenvalue weighted by Crippen LogP contribution is -2.24. The van der Waals surface area contributed by atoms with E-state index in [4.69, 9.17) is 5.73 Å². The topological polar surface area (TPSA) is 127 Å². The number of aromatic nitrogens is 3. The van der Waals surface area contributed by atoms with Gasteiger partial charge in [-0.2, -0.15) is 0 Å². The van der Waals surface area contributed by atoms with Crippen LogP contribution in [0, 0.1) is 0 Å². The molecule has 1 aromatic heterocycles. The Balaban J connectivity index is 1.12.